The Bertz CT molecular complexity index is 6630. The van der Waals surface area contributed by atoms with E-state index in [1.165, 1.54) is 58.6 Å². The zero-order valence-electron chi connectivity index (χ0n) is 76.8. The zero-order chi connectivity index (χ0) is 85.8. The van der Waals surface area contributed by atoms with Crippen LogP contribution in [-0.2, 0) is 41.0 Å². The first-order valence-corrected chi connectivity index (χ1v) is 38.8. The molecule has 0 bridgehead atoms. The Balaban J connectivity index is 0.000000137. The fourth-order valence-corrected chi connectivity index (χ4v) is 15.7. The van der Waals surface area contributed by atoms with Crippen molar-refractivity contribution in [3.63, 3.8) is 0 Å². The van der Waals surface area contributed by atoms with Gasteiger partial charge in [0.1, 0.15) is 28.2 Å². The molecule has 0 fully saturated rings. The third-order valence-electron chi connectivity index (χ3n) is 22.0. The molecule has 0 radical (unpaired) electrons. The Morgan fingerprint density at radius 2 is 0.555 bits per heavy atom. The summed E-state index contributed by atoms with van der Waals surface area (Å²) in [4.78, 5) is 18.9. The molecule has 12 aromatic heterocycles. The number of aromatic nitrogens is 8. The average Bonchev–Trinajstić information content (AvgIpc) is 1.44. The summed E-state index contributed by atoms with van der Waals surface area (Å²) in [6.07, 6.45) is 9.78. The molecular weight excluding hydrogens is 1350 g/mol. The van der Waals surface area contributed by atoms with E-state index < -0.39 is 25.5 Å². The van der Waals surface area contributed by atoms with E-state index in [-0.39, 0.29) is 0 Å². The molecular formula is C98H112N8O4+4. The van der Waals surface area contributed by atoms with E-state index in [0.717, 1.165) is 168 Å². The van der Waals surface area contributed by atoms with Crippen molar-refractivity contribution in [3.05, 3.63) is 236 Å². The third-order valence-corrected chi connectivity index (χ3v) is 22.0. The molecule has 12 heteroatoms. The van der Waals surface area contributed by atoms with Crippen molar-refractivity contribution in [1.82, 2.24) is 19.9 Å². The van der Waals surface area contributed by atoms with Crippen molar-refractivity contribution < 1.29 is 46.9 Å². The summed E-state index contributed by atoms with van der Waals surface area (Å²) in [7, 11) is 8.00. The average molecular weight is 1470 g/mol. The summed E-state index contributed by atoms with van der Waals surface area (Å²) < 4.78 is 97.4. The van der Waals surface area contributed by atoms with Gasteiger partial charge in [-0.1, -0.05) is 145 Å². The topological polar surface area (TPSA) is 120 Å². The first-order chi connectivity index (χ1) is 55.5. The number of furan rings is 4. The van der Waals surface area contributed by atoms with Crippen LogP contribution in [0.1, 0.15) is 233 Å². The zero-order valence-corrected chi connectivity index (χ0v) is 68.8. The molecule has 0 aliphatic heterocycles. The van der Waals surface area contributed by atoms with Gasteiger partial charge in [-0.25, -0.2) is 38.2 Å². The molecule has 2 unspecified atom stereocenters. The summed E-state index contributed by atoms with van der Waals surface area (Å²) in [5.74, 6) is -1.71. The van der Waals surface area contributed by atoms with Gasteiger partial charge in [-0.15, -0.1) is 0 Å². The predicted molar refractivity (Wildman–Crippen MR) is 454 cm³/mol. The van der Waals surface area contributed by atoms with E-state index in [1.54, 1.807) is 12.4 Å². The molecule has 16 rings (SSSR count). The normalized spacial score (nSPS) is 14.3. The number of fused-ring (bicyclic) bond motifs is 12. The van der Waals surface area contributed by atoms with E-state index in [4.69, 9.17) is 43.6 Å². The van der Waals surface area contributed by atoms with Crippen LogP contribution in [0, 0.1) is 55.4 Å². The van der Waals surface area contributed by atoms with Crippen molar-refractivity contribution in [3.8, 4) is 45.0 Å². The van der Waals surface area contributed by atoms with Crippen molar-refractivity contribution in [2.75, 3.05) is 0 Å². The summed E-state index contributed by atoms with van der Waals surface area (Å²) >= 11 is 0. The standard InChI is InChI=1S/2C25H29N2O.2C24H27N2O/c2*1-14(2)20-13-27(7)22(12-17(20)6)23-16(5)8-9-18-19-10-11-21(15(3)4)26-25(19)28-24(18)23;2*1-7-17-9-11-19-18-10-8-15(4)22(23(18)27-24(19)25-17)21-12-16(5)20(14(2)3)13-26(21)6/h2*8-15H,1-7H3;2*8-14H,7H2,1-6H3/q4*+1/i1D3,14D;;2D3,14D;. The van der Waals surface area contributed by atoms with Gasteiger partial charge in [0, 0.05) is 123 Å². The minimum absolute atomic E-state index is 0.305. The monoisotopic (exact) mass is 1470 g/mol. The van der Waals surface area contributed by atoms with Crippen molar-refractivity contribution in [2.24, 2.45) is 28.2 Å². The number of pyridine rings is 8. The van der Waals surface area contributed by atoms with E-state index in [9.17, 15) is 0 Å². The second-order valence-electron chi connectivity index (χ2n) is 31.6. The van der Waals surface area contributed by atoms with Crippen LogP contribution in [0.25, 0.3) is 133 Å². The Hall–Kier alpha value is -10.7. The highest BCUT2D eigenvalue weighted by molar-refractivity contribution is 6.12. The van der Waals surface area contributed by atoms with E-state index in [0.29, 0.717) is 46.2 Å². The van der Waals surface area contributed by atoms with Crippen LogP contribution < -0.4 is 18.3 Å². The Kier molecular flexibility index (Phi) is 19.0. The van der Waals surface area contributed by atoms with Crippen LogP contribution >= 0.6 is 0 Å². The molecule has 0 spiro atoms. The van der Waals surface area contributed by atoms with Gasteiger partial charge < -0.3 is 17.7 Å². The molecule has 564 valence electrons. The van der Waals surface area contributed by atoms with Gasteiger partial charge in [-0.05, 0) is 197 Å². The first kappa shape index (κ1) is 67.4. The number of rotatable bonds is 12. The second kappa shape index (κ2) is 31.0. The molecule has 12 nitrogen and oxygen atoms in total. The van der Waals surface area contributed by atoms with Gasteiger partial charge in [0.25, 0.3) is 0 Å². The van der Waals surface area contributed by atoms with Crippen LogP contribution in [0.2, 0.25) is 0 Å². The SMILES string of the molecule is CCc1ccc2c(n1)oc1c(-c3cc(C)c(C(C)C)c[n+]3C)c(C)ccc12.Cc1cc(-c2c(C)ccc3c2oc2nc(C(C)C)ccc23)[n+](C)cc1C(C)C.[2H]C([2H])([2H])C([2H])(C)c1c[n+](C)c(-c2c(C)ccc3c2oc2nc(C(C)C)ccc23)cc1C.[2H]C([2H])([2H])C([2H])(C)c1c[n+](C)c(-c2c(C)ccc3c2oc2nc(CC)ccc23)cc1C. The van der Waals surface area contributed by atoms with Gasteiger partial charge in [0.2, 0.25) is 45.6 Å². The highest BCUT2D eigenvalue weighted by atomic mass is 16.4. The number of benzene rings is 4. The van der Waals surface area contributed by atoms with Gasteiger partial charge in [-0.3, -0.25) is 0 Å². The molecule has 110 heavy (non-hydrogen) atoms. The van der Waals surface area contributed by atoms with Crippen molar-refractivity contribution in [1.29, 1.82) is 0 Å². The molecule has 16 aromatic rings. The Labute approximate surface area is 661 Å². The van der Waals surface area contributed by atoms with Crippen LogP contribution in [0.3, 0.4) is 0 Å². The molecule has 12 heterocycles. The molecule has 0 amide bonds. The predicted octanol–water partition coefficient (Wildman–Crippen LogP) is 24.2. The summed E-state index contributed by atoms with van der Waals surface area (Å²) in [5.41, 5.74) is 31.0. The number of hydrogen-bond acceptors (Lipinski definition) is 8. The first-order valence-electron chi connectivity index (χ1n) is 42.8. The smallest absolute Gasteiger partial charge is 0.227 e. The highest BCUT2D eigenvalue weighted by Gasteiger charge is 2.29. The lowest BCUT2D eigenvalue weighted by atomic mass is 9.95. The quantitative estimate of drug-likeness (QED) is 0.111. The molecule has 0 saturated carbocycles. The lowest BCUT2D eigenvalue weighted by Gasteiger charge is -2.11. The number of nitrogens with zero attached hydrogens (tertiary/aromatic N) is 8. The van der Waals surface area contributed by atoms with Crippen LogP contribution in [-0.4, -0.2) is 19.9 Å². The Morgan fingerprint density at radius 3 is 0.809 bits per heavy atom. The molecule has 0 aliphatic rings. The van der Waals surface area contributed by atoms with Gasteiger partial charge in [0.05, 0.1) is 22.3 Å². The minimum Gasteiger partial charge on any atom is -0.437 e. The van der Waals surface area contributed by atoms with E-state index in [2.05, 4.69) is 235 Å². The lowest BCUT2D eigenvalue weighted by Crippen LogP contribution is -2.32. The highest BCUT2D eigenvalue weighted by Crippen LogP contribution is 2.43. The molecule has 0 aliphatic carbocycles. The summed E-state index contributed by atoms with van der Waals surface area (Å²) in [5, 5.41) is 8.38. The maximum Gasteiger partial charge on any atom is 0.227 e. The largest absolute Gasteiger partial charge is 0.437 e. The lowest BCUT2D eigenvalue weighted by molar-refractivity contribution is -0.661. The van der Waals surface area contributed by atoms with E-state index >= 15 is 0 Å². The van der Waals surface area contributed by atoms with Gasteiger partial charge >= 0.3 is 0 Å². The van der Waals surface area contributed by atoms with Gasteiger partial charge in [0.15, 0.2) is 47.1 Å². The fraction of sp³-hybridized carbons (Fsp3) is 0.347. The second-order valence-corrected chi connectivity index (χ2v) is 31.6. The molecule has 0 N–H and O–H groups in total. The summed E-state index contributed by atoms with van der Waals surface area (Å²) in [6, 6.07) is 42.1. The third kappa shape index (κ3) is 14.5. The van der Waals surface area contributed by atoms with E-state index in [1.807, 2.05) is 75.2 Å². The number of hydrogen-bond donors (Lipinski definition) is 0. The van der Waals surface area contributed by atoms with Crippen molar-refractivity contribution in [2.45, 2.75) is 200 Å². The molecule has 4 aromatic carbocycles. The fourth-order valence-electron chi connectivity index (χ4n) is 15.7. The van der Waals surface area contributed by atoms with Gasteiger partial charge in [-0.2, -0.15) is 0 Å². The van der Waals surface area contributed by atoms with Crippen molar-refractivity contribution >= 4 is 88.3 Å². The van der Waals surface area contributed by atoms with Crippen LogP contribution in [0.4, 0.5) is 0 Å². The van der Waals surface area contributed by atoms with Crippen LogP contribution in [0.15, 0.2) is 164 Å². The number of aryl methyl sites for hydroxylation is 14. The molecule has 2 atom stereocenters. The summed E-state index contributed by atoms with van der Waals surface area (Å²) in [6.45, 7) is 36.2. The minimum atomic E-state index is -2.43. The maximum atomic E-state index is 8.53. The Morgan fingerprint density at radius 1 is 0.309 bits per heavy atom. The van der Waals surface area contributed by atoms with Crippen LogP contribution in [0.5, 0.6) is 0 Å². The maximum absolute atomic E-state index is 8.53. The molecule has 0 saturated heterocycles.